The molecule has 0 saturated heterocycles. The molecule has 1 aromatic carbocycles. The van der Waals surface area contributed by atoms with Gasteiger partial charge in [0.2, 0.25) is 0 Å². The summed E-state index contributed by atoms with van der Waals surface area (Å²) in [4.78, 5) is 12.2. The van der Waals surface area contributed by atoms with Crippen molar-refractivity contribution in [3.8, 4) is 17.6 Å². The van der Waals surface area contributed by atoms with Gasteiger partial charge in [-0.3, -0.25) is 4.79 Å². The minimum atomic E-state index is -0.354. The molecule has 0 bridgehead atoms. The van der Waals surface area contributed by atoms with Crippen LogP contribution in [0.5, 0.6) is 11.5 Å². The highest BCUT2D eigenvalue weighted by atomic mass is 35.5. The van der Waals surface area contributed by atoms with Gasteiger partial charge in [0.1, 0.15) is 24.3 Å². The number of hydrogen-bond acceptors (Lipinski definition) is 5. The number of ether oxygens (including phenoxy) is 2. The van der Waals surface area contributed by atoms with E-state index in [9.17, 15) is 4.79 Å². The fraction of sp³-hybridized carbons (Fsp3) is 0.143. The predicted octanol–water partition coefficient (Wildman–Crippen LogP) is 3.30. The van der Waals surface area contributed by atoms with Gasteiger partial charge in [0.15, 0.2) is 11.5 Å². The summed E-state index contributed by atoms with van der Waals surface area (Å²) in [6, 6.07) is 6.77. The number of thiophene rings is 1. The summed E-state index contributed by atoms with van der Waals surface area (Å²) in [5.41, 5.74) is 0.776. The topological polar surface area (TPSA) is 71.4 Å². The first-order chi connectivity index (χ1) is 10.2. The summed E-state index contributed by atoms with van der Waals surface area (Å²) in [6.07, 6.45) is 0. The third-order valence-corrected chi connectivity index (χ3v) is 3.98. The van der Waals surface area contributed by atoms with Crippen molar-refractivity contribution in [3.63, 3.8) is 0 Å². The van der Waals surface area contributed by atoms with Gasteiger partial charge >= 0.3 is 0 Å². The van der Waals surface area contributed by atoms with E-state index in [1.165, 1.54) is 17.4 Å². The standard InChI is InChI=1S/C14H9ClN2O3S/c15-10-5-9(6-11-12(10)20-3-2-19-11)13(18)17-14-8(7-16)1-4-21-14/h1,4-6H,2-3H2,(H,17,18). The minimum absolute atomic E-state index is 0.323. The highest BCUT2D eigenvalue weighted by molar-refractivity contribution is 7.14. The van der Waals surface area contributed by atoms with E-state index in [-0.39, 0.29) is 5.91 Å². The van der Waals surface area contributed by atoms with Crippen LogP contribution in [-0.4, -0.2) is 19.1 Å². The molecule has 0 unspecified atom stereocenters. The van der Waals surface area contributed by atoms with Crippen LogP contribution in [0.3, 0.4) is 0 Å². The van der Waals surface area contributed by atoms with Gasteiger partial charge < -0.3 is 14.8 Å². The Morgan fingerprint density at radius 3 is 3.00 bits per heavy atom. The number of nitrogens with zero attached hydrogens (tertiary/aromatic N) is 1. The van der Waals surface area contributed by atoms with E-state index < -0.39 is 0 Å². The maximum absolute atomic E-state index is 12.2. The summed E-state index contributed by atoms with van der Waals surface area (Å²) in [5, 5.41) is 14.2. The Bertz CT molecular complexity index is 751. The number of amides is 1. The molecule has 1 amide bonds. The zero-order chi connectivity index (χ0) is 14.8. The molecule has 106 valence electrons. The molecule has 21 heavy (non-hydrogen) atoms. The van der Waals surface area contributed by atoms with Gasteiger partial charge in [-0.25, -0.2) is 0 Å². The summed E-state index contributed by atoms with van der Waals surface area (Å²) >= 11 is 7.38. The number of anilines is 1. The van der Waals surface area contributed by atoms with Crippen molar-refractivity contribution in [2.45, 2.75) is 0 Å². The van der Waals surface area contributed by atoms with Gasteiger partial charge in [-0.05, 0) is 23.6 Å². The monoisotopic (exact) mass is 320 g/mol. The smallest absolute Gasteiger partial charge is 0.256 e. The van der Waals surface area contributed by atoms with E-state index in [4.69, 9.17) is 26.3 Å². The maximum atomic E-state index is 12.2. The Balaban J connectivity index is 1.89. The SMILES string of the molecule is N#Cc1ccsc1NC(=O)c1cc(Cl)c2c(c1)OCCO2. The van der Waals surface area contributed by atoms with Crippen LogP contribution in [0.4, 0.5) is 5.00 Å². The van der Waals surface area contributed by atoms with Gasteiger partial charge in [0.25, 0.3) is 5.91 Å². The van der Waals surface area contributed by atoms with E-state index in [1.807, 2.05) is 6.07 Å². The van der Waals surface area contributed by atoms with Crippen LogP contribution in [0.15, 0.2) is 23.6 Å². The van der Waals surface area contributed by atoms with E-state index in [0.717, 1.165) is 0 Å². The number of halogens is 1. The molecule has 0 atom stereocenters. The zero-order valence-electron chi connectivity index (χ0n) is 10.7. The van der Waals surface area contributed by atoms with Crippen LogP contribution in [0.2, 0.25) is 5.02 Å². The second-order valence-electron chi connectivity index (χ2n) is 4.21. The van der Waals surface area contributed by atoms with Crippen molar-refractivity contribution in [2.75, 3.05) is 18.5 Å². The van der Waals surface area contributed by atoms with E-state index in [2.05, 4.69) is 5.32 Å². The van der Waals surface area contributed by atoms with E-state index >= 15 is 0 Å². The van der Waals surface area contributed by atoms with Crippen molar-refractivity contribution in [1.29, 1.82) is 5.26 Å². The molecule has 1 aliphatic rings. The number of nitriles is 1. The van der Waals surface area contributed by atoms with E-state index in [0.29, 0.717) is 45.9 Å². The Labute approximate surface area is 129 Å². The number of carbonyl (C=O) groups is 1. The number of rotatable bonds is 2. The Hall–Kier alpha value is -2.23. The van der Waals surface area contributed by atoms with E-state index in [1.54, 1.807) is 17.5 Å². The maximum Gasteiger partial charge on any atom is 0.256 e. The number of hydrogen-bond donors (Lipinski definition) is 1. The Kier molecular flexibility index (Phi) is 3.69. The van der Waals surface area contributed by atoms with Crippen LogP contribution < -0.4 is 14.8 Å². The Morgan fingerprint density at radius 2 is 2.19 bits per heavy atom. The molecule has 7 heteroatoms. The summed E-state index contributed by atoms with van der Waals surface area (Å²) in [6.45, 7) is 0.844. The lowest BCUT2D eigenvalue weighted by molar-refractivity contribution is 0.102. The molecule has 2 aromatic rings. The van der Waals surface area contributed by atoms with Crippen LogP contribution in [0.1, 0.15) is 15.9 Å². The molecule has 2 heterocycles. The normalized spacial score (nSPS) is 12.6. The molecule has 0 fully saturated rings. The van der Waals surface area contributed by atoms with Crippen LogP contribution in [-0.2, 0) is 0 Å². The van der Waals surface area contributed by atoms with Gasteiger partial charge in [-0.1, -0.05) is 11.6 Å². The molecule has 1 aliphatic heterocycles. The first-order valence-corrected chi connectivity index (χ1v) is 7.33. The number of benzene rings is 1. The largest absolute Gasteiger partial charge is 0.486 e. The molecular weight excluding hydrogens is 312 g/mol. The van der Waals surface area contributed by atoms with Gasteiger partial charge in [-0.2, -0.15) is 5.26 Å². The molecular formula is C14H9ClN2O3S. The van der Waals surface area contributed by atoms with Gasteiger partial charge in [0, 0.05) is 5.56 Å². The fourth-order valence-electron chi connectivity index (χ4n) is 1.91. The molecule has 5 nitrogen and oxygen atoms in total. The molecule has 0 spiro atoms. The lowest BCUT2D eigenvalue weighted by Gasteiger charge is -2.20. The third kappa shape index (κ3) is 2.66. The zero-order valence-corrected chi connectivity index (χ0v) is 12.3. The minimum Gasteiger partial charge on any atom is -0.486 e. The second-order valence-corrected chi connectivity index (χ2v) is 5.53. The predicted molar refractivity (Wildman–Crippen MR) is 79.4 cm³/mol. The van der Waals surface area contributed by atoms with Crippen molar-refractivity contribution >= 4 is 33.8 Å². The molecule has 0 saturated carbocycles. The van der Waals surface area contributed by atoms with Crippen molar-refractivity contribution < 1.29 is 14.3 Å². The second kappa shape index (κ2) is 5.64. The number of carbonyl (C=O) groups excluding carboxylic acids is 1. The highest BCUT2D eigenvalue weighted by Gasteiger charge is 2.20. The molecule has 3 rings (SSSR count). The van der Waals surface area contributed by atoms with Crippen molar-refractivity contribution in [2.24, 2.45) is 0 Å². The summed E-state index contributed by atoms with van der Waals surface area (Å²) < 4.78 is 10.8. The first-order valence-electron chi connectivity index (χ1n) is 6.07. The molecule has 1 N–H and O–H groups in total. The highest BCUT2D eigenvalue weighted by Crippen LogP contribution is 2.38. The van der Waals surface area contributed by atoms with Gasteiger partial charge in [0.05, 0.1) is 10.6 Å². The fourth-order valence-corrected chi connectivity index (χ4v) is 2.91. The van der Waals surface area contributed by atoms with Crippen LogP contribution in [0, 0.1) is 11.3 Å². The lowest BCUT2D eigenvalue weighted by atomic mass is 10.1. The van der Waals surface area contributed by atoms with Crippen molar-refractivity contribution in [3.05, 3.63) is 39.7 Å². The van der Waals surface area contributed by atoms with Crippen LogP contribution >= 0.6 is 22.9 Å². The number of nitrogens with one attached hydrogen (secondary N) is 1. The quantitative estimate of drug-likeness (QED) is 0.921. The van der Waals surface area contributed by atoms with Crippen LogP contribution in [0.25, 0.3) is 0 Å². The summed E-state index contributed by atoms with van der Waals surface area (Å²) in [7, 11) is 0. The average Bonchev–Trinajstić information content (AvgIpc) is 2.94. The average molecular weight is 321 g/mol. The third-order valence-electron chi connectivity index (χ3n) is 2.87. The summed E-state index contributed by atoms with van der Waals surface area (Å²) in [5.74, 6) is 0.548. The Morgan fingerprint density at radius 1 is 1.38 bits per heavy atom. The number of fused-ring (bicyclic) bond motifs is 1. The lowest BCUT2D eigenvalue weighted by Crippen LogP contribution is -2.17. The van der Waals surface area contributed by atoms with Crippen molar-refractivity contribution in [1.82, 2.24) is 0 Å². The first kappa shape index (κ1) is 13.7. The van der Waals surface area contributed by atoms with Gasteiger partial charge in [-0.15, -0.1) is 11.3 Å². The molecule has 0 aliphatic carbocycles. The molecule has 0 radical (unpaired) electrons. The molecule has 1 aromatic heterocycles.